The molecule has 7 heteroatoms. The number of hydrogen-bond acceptors (Lipinski definition) is 3. The number of piperazine rings is 1. The lowest BCUT2D eigenvalue weighted by Gasteiger charge is -2.31. The Kier molecular flexibility index (Phi) is 8.04. The van der Waals surface area contributed by atoms with Crippen molar-refractivity contribution in [2.24, 2.45) is 5.92 Å². The molecular weight excluding hydrogens is 374 g/mol. The van der Waals surface area contributed by atoms with E-state index in [1.807, 2.05) is 19.1 Å². The van der Waals surface area contributed by atoms with Gasteiger partial charge in [0.05, 0.1) is 31.1 Å². The van der Waals surface area contributed by atoms with Gasteiger partial charge in [-0.25, -0.2) is 8.42 Å². The molecule has 0 radical (unpaired) electrons. The van der Waals surface area contributed by atoms with Crippen LogP contribution in [0.4, 0.5) is 0 Å². The van der Waals surface area contributed by atoms with Gasteiger partial charge in [-0.1, -0.05) is 39.8 Å². The van der Waals surface area contributed by atoms with Gasteiger partial charge in [0.2, 0.25) is 10.0 Å². The minimum atomic E-state index is -3.47. The Balaban J connectivity index is 1.92. The number of amides is 1. The maximum atomic E-state index is 12.9. The summed E-state index contributed by atoms with van der Waals surface area (Å²) in [5.74, 6) is 0.856. The van der Waals surface area contributed by atoms with Crippen LogP contribution in [0.2, 0.25) is 0 Å². The van der Waals surface area contributed by atoms with Gasteiger partial charge < -0.3 is 10.2 Å². The second-order valence-electron chi connectivity index (χ2n) is 8.31. The number of quaternary nitrogens is 1. The molecule has 0 aromatic heterocycles. The molecule has 2 atom stereocenters. The topological polar surface area (TPSA) is 70.9 Å². The van der Waals surface area contributed by atoms with Crippen LogP contribution < -0.4 is 10.2 Å². The molecule has 1 aromatic carbocycles. The summed E-state index contributed by atoms with van der Waals surface area (Å²) in [6.07, 6.45) is 1.03. The van der Waals surface area contributed by atoms with Crippen molar-refractivity contribution in [3.63, 3.8) is 0 Å². The largest absolute Gasteiger partial charge is 0.348 e. The molecule has 1 aromatic rings. The van der Waals surface area contributed by atoms with Gasteiger partial charge in [0.15, 0.2) is 6.54 Å². The van der Waals surface area contributed by atoms with Gasteiger partial charge in [0.25, 0.3) is 5.91 Å². The van der Waals surface area contributed by atoms with Gasteiger partial charge in [-0.2, -0.15) is 4.31 Å². The van der Waals surface area contributed by atoms with Crippen molar-refractivity contribution in [3.05, 3.63) is 29.8 Å². The maximum Gasteiger partial charge on any atom is 0.275 e. The van der Waals surface area contributed by atoms with E-state index in [-0.39, 0.29) is 11.9 Å². The van der Waals surface area contributed by atoms with Gasteiger partial charge >= 0.3 is 0 Å². The number of hydrogen-bond donors (Lipinski definition) is 2. The average Bonchev–Trinajstić information content (AvgIpc) is 2.67. The zero-order valence-electron chi connectivity index (χ0n) is 17.9. The highest BCUT2D eigenvalue weighted by atomic mass is 32.2. The second-order valence-corrected chi connectivity index (χ2v) is 10.2. The number of sulfonamides is 1. The summed E-state index contributed by atoms with van der Waals surface area (Å²) < 4.78 is 27.4. The van der Waals surface area contributed by atoms with E-state index in [0.717, 1.165) is 16.9 Å². The van der Waals surface area contributed by atoms with Crippen molar-refractivity contribution < 1.29 is 18.1 Å². The first-order chi connectivity index (χ1) is 13.1. The molecular formula is C21H36N3O3S+. The Morgan fingerprint density at radius 2 is 1.68 bits per heavy atom. The number of carbonyl (C=O) groups excluding carboxylic acids is 1. The molecule has 0 saturated carbocycles. The predicted molar refractivity (Wildman–Crippen MR) is 112 cm³/mol. The molecule has 1 aliphatic rings. The van der Waals surface area contributed by atoms with Crippen molar-refractivity contribution in [2.75, 3.05) is 32.7 Å². The molecule has 2 rings (SSSR count). The van der Waals surface area contributed by atoms with Crippen molar-refractivity contribution in [3.8, 4) is 0 Å². The summed E-state index contributed by atoms with van der Waals surface area (Å²) in [4.78, 5) is 13.7. The monoisotopic (exact) mass is 410 g/mol. The summed E-state index contributed by atoms with van der Waals surface area (Å²) in [6, 6.07) is 7.42. The molecule has 2 N–H and O–H groups in total. The van der Waals surface area contributed by atoms with E-state index in [2.05, 4.69) is 33.0 Å². The molecule has 6 nitrogen and oxygen atoms in total. The Morgan fingerprint density at radius 1 is 1.11 bits per heavy atom. The summed E-state index contributed by atoms with van der Waals surface area (Å²) in [6.45, 7) is 13.0. The maximum absolute atomic E-state index is 12.9. The third-order valence-electron chi connectivity index (χ3n) is 5.93. The molecule has 0 aliphatic carbocycles. The Hall–Kier alpha value is -1.44. The normalized spacial score (nSPS) is 18.8. The number of nitrogens with zero attached hydrogens (tertiary/aromatic N) is 1. The SMILES string of the molecule is CC[C@@H](C)c1ccc(S(=O)(=O)N2CC[NH+](CC(=O)N[C@@H](C)C(C)C)CC2)cc1. The molecule has 1 fully saturated rings. The number of benzene rings is 1. The standard InChI is InChI=1S/C21H35N3O3S/c1-6-17(4)19-7-9-20(10-8-19)28(26,27)24-13-11-23(12-14-24)15-21(25)22-18(5)16(2)3/h7-10,16-18H,6,11-15H2,1-5H3,(H,22,25)/p+1/t17-,18+/m1/s1. The number of rotatable bonds is 8. The highest BCUT2D eigenvalue weighted by Crippen LogP contribution is 2.22. The molecule has 1 heterocycles. The fraction of sp³-hybridized carbons (Fsp3) is 0.667. The Labute approximate surface area is 170 Å². The van der Waals surface area contributed by atoms with Crippen LogP contribution in [-0.4, -0.2) is 57.4 Å². The minimum absolute atomic E-state index is 0.0353. The first-order valence-electron chi connectivity index (χ1n) is 10.4. The highest BCUT2D eigenvalue weighted by Gasteiger charge is 2.31. The van der Waals surface area contributed by atoms with Gasteiger partial charge in [-0.3, -0.25) is 4.79 Å². The molecule has 1 aliphatic heterocycles. The first-order valence-corrected chi connectivity index (χ1v) is 11.8. The van der Waals surface area contributed by atoms with Crippen LogP contribution in [0.3, 0.4) is 0 Å². The number of carbonyl (C=O) groups is 1. The van der Waals surface area contributed by atoms with Crippen LogP contribution in [0.5, 0.6) is 0 Å². The molecule has 0 spiro atoms. The quantitative estimate of drug-likeness (QED) is 0.678. The fourth-order valence-corrected chi connectivity index (χ4v) is 4.71. The Morgan fingerprint density at radius 3 is 2.18 bits per heavy atom. The lowest BCUT2D eigenvalue weighted by Crippen LogP contribution is -3.15. The molecule has 0 bridgehead atoms. The summed E-state index contributed by atoms with van der Waals surface area (Å²) >= 11 is 0. The Bertz CT molecular complexity index is 739. The fourth-order valence-electron chi connectivity index (χ4n) is 3.27. The smallest absolute Gasteiger partial charge is 0.275 e. The van der Waals surface area contributed by atoms with Gasteiger partial charge in [0, 0.05) is 6.04 Å². The molecule has 158 valence electrons. The van der Waals surface area contributed by atoms with Gasteiger partial charge in [-0.05, 0) is 42.9 Å². The van der Waals surface area contributed by atoms with Gasteiger partial charge in [0.1, 0.15) is 0 Å². The van der Waals surface area contributed by atoms with E-state index in [1.165, 1.54) is 0 Å². The van der Waals surface area contributed by atoms with Crippen molar-refractivity contribution in [1.29, 1.82) is 0 Å². The summed E-state index contributed by atoms with van der Waals surface area (Å²) in [5.41, 5.74) is 1.16. The predicted octanol–water partition coefficient (Wildman–Crippen LogP) is 1.25. The van der Waals surface area contributed by atoms with E-state index in [1.54, 1.807) is 16.4 Å². The summed E-state index contributed by atoms with van der Waals surface area (Å²) in [7, 11) is -3.47. The first kappa shape index (κ1) is 22.8. The van der Waals surface area contributed by atoms with Crippen molar-refractivity contribution in [2.45, 2.75) is 57.9 Å². The van der Waals surface area contributed by atoms with E-state index < -0.39 is 10.0 Å². The highest BCUT2D eigenvalue weighted by molar-refractivity contribution is 7.89. The zero-order chi connectivity index (χ0) is 20.9. The lowest BCUT2D eigenvalue weighted by molar-refractivity contribution is -0.895. The average molecular weight is 411 g/mol. The van der Waals surface area contributed by atoms with Crippen LogP contribution >= 0.6 is 0 Å². The van der Waals surface area contributed by atoms with E-state index in [4.69, 9.17) is 0 Å². The third kappa shape index (κ3) is 5.78. The van der Waals surface area contributed by atoms with Crippen LogP contribution in [0.15, 0.2) is 29.2 Å². The number of nitrogens with one attached hydrogen (secondary N) is 2. The zero-order valence-corrected chi connectivity index (χ0v) is 18.7. The van der Waals surface area contributed by atoms with E-state index in [0.29, 0.717) is 49.5 Å². The molecule has 28 heavy (non-hydrogen) atoms. The van der Waals surface area contributed by atoms with Crippen LogP contribution in [0, 0.1) is 5.92 Å². The second kappa shape index (κ2) is 9.85. The molecule has 1 saturated heterocycles. The van der Waals surface area contributed by atoms with E-state index >= 15 is 0 Å². The van der Waals surface area contributed by atoms with Gasteiger partial charge in [-0.15, -0.1) is 0 Å². The summed E-state index contributed by atoms with van der Waals surface area (Å²) in [5, 5.41) is 3.02. The van der Waals surface area contributed by atoms with Crippen LogP contribution in [-0.2, 0) is 14.8 Å². The van der Waals surface area contributed by atoms with Crippen LogP contribution in [0.25, 0.3) is 0 Å². The van der Waals surface area contributed by atoms with Crippen molar-refractivity contribution >= 4 is 15.9 Å². The molecule has 1 amide bonds. The van der Waals surface area contributed by atoms with Crippen molar-refractivity contribution in [1.82, 2.24) is 9.62 Å². The minimum Gasteiger partial charge on any atom is -0.348 e. The third-order valence-corrected chi connectivity index (χ3v) is 7.84. The van der Waals surface area contributed by atoms with Crippen LogP contribution in [0.1, 0.15) is 52.5 Å². The molecule has 0 unspecified atom stereocenters. The van der Waals surface area contributed by atoms with E-state index in [9.17, 15) is 13.2 Å². The lowest BCUT2D eigenvalue weighted by atomic mass is 9.99.